The van der Waals surface area contributed by atoms with E-state index in [0.717, 1.165) is 5.56 Å². The smallest absolute Gasteiger partial charge is 0.263 e. The number of aromatic hydroxyl groups is 1. The van der Waals surface area contributed by atoms with E-state index in [4.69, 9.17) is 11.6 Å². The van der Waals surface area contributed by atoms with E-state index in [9.17, 15) is 13.5 Å². The molecule has 0 aliphatic carbocycles. The maximum Gasteiger partial charge on any atom is 0.263 e. The van der Waals surface area contributed by atoms with Gasteiger partial charge in [0.25, 0.3) is 10.0 Å². The minimum absolute atomic E-state index is 0.000262. The zero-order valence-electron chi connectivity index (χ0n) is 17.2. The van der Waals surface area contributed by atoms with Crippen LogP contribution in [-0.4, -0.2) is 28.1 Å². The molecule has 2 N–H and O–H groups in total. The molecule has 0 saturated carbocycles. The third kappa shape index (κ3) is 4.22. The fraction of sp³-hybridized carbons (Fsp3) is 0.182. The van der Waals surface area contributed by atoms with E-state index in [0.29, 0.717) is 21.8 Å². The number of aromatic nitrogens is 3. The molecule has 0 fully saturated rings. The molecule has 31 heavy (non-hydrogen) atoms. The summed E-state index contributed by atoms with van der Waals surface area (Å²) in [7, 11) is -3.85. The van der Waals surface area contributed by atoms with Crippen LogP contribution in [-0.2, 0) is 15.4 Å². The van der Waals surface area contributed by atoms with Crippen molar-refractivity contribution in [2.75, 3.05) is 4.72 Å². The lowest BCUT2D eigenvalue weighted by Crippen LogP contribution is -2.16. The molecule has 0 amide bonds. The largest absolute Gasteiger partial charge is 0.506 e. The Hall–Kier alpha value is -3.10. The summed E-state index contributed by atoms with van der Waals surface area (Å²) in [5, 5.41) is 14.6. The summed E-state index contributed by atoms with van der Waals surface area (Å²) in [4.78, 5) is 4.10. The van der Waals surface area contributed by atoms with E-state index in [1.165, 1.54) is 16.8 Å². The number of hydrogen-bond donors (Lipinski definition) is 2. The summed E-state index contributed by atoms with van der Waals surface area (Å²) in [5.74, 6) is 0.235. The van der Waals surface area contributed by atoms with Gasteiger partial charge in [0.05, 0.1) is 27.3 Å². The summed E-state index contributed by atoms with van der Waals surface area (Å²) in [6, 6.07) is 13.2. The molecule has 0 bridgehead atoms. The van der Waals surface area contributed by atoms with Crippen LogP contribution in [0.2, 0.25) is 5.02 Å². The van der Waals surface area contributed by atoms with Crippen LogP contribution < -0.4 is 4.72 Å². The SMILES string of the molecule is CC(C)(C)c1ccc(S(=O)(=O)Nc2ccc(Cl)c3cc(-c4cncc(O)c4)nn23)cc1. The van der Waals surface area contributed by atoms with Crippen molar-refractivity contribution in [1.82, 2.24) is 14.6 Å². The molecule has 0 radical (unpaired) electrons. The maximum absolute atomic E-state index is 13.0. The number of nitrogens with one attached hydrogen (secondary N) is 1. The molecule has 0 aliphatic heterocycles. The van der Waals surface area contributed by atoms with Crippen molar-refractivity contribution in [1.29, 1.82) is 0 Å². The molecular weight excluding hydrogens is 436 g/mol. The first-order chi connectivity index (χ1) is 14.5. The molecule has 0 saturated heterocycles. The Morgan fingerprint density at radius 2 is 1.74 bits per heavy atom. The highest BCUT2D eigenvalue weighted by Gasteiger charge is 2.20. The summed E-state index contributed by atoms with van der Waals surface area (Å²) in [6.07, 6.45) is 2.87. The summed E-state index contributed by atoms with van der Waals surface area (Å²) >= 11 is 6.31. The fourth-order valence-electron chi connectivity index (χ4n) is 3.16. The molecule has 3 heterocycles. The number of hydrogen-bond acceptors (Lipinski definition) is 5. The van der Waals surface area contributed by atoms with E-state index in [1.807, 2.05) is 12.1 Å². The topological polar surface area (TPSA) is 96.6 Å². The molecule has 0 unspecified atom stereocenters. The normalized spacial score (nSPS) is 12.3. The number of rotatable bonds is 4. The Morgan fingerprint density at radius 1 is 1.03 bits per heavy atom. The van der Waals surface area contributed by atoms with Gasteiger partial charge in [0.15, 0.2) is 0 Å². The minimum Gasteiger partial charge on any atom is -0.506 e. The van der Waals surface area contributed by atoms with Gasteiger partial charge < -0.3 is 5.11 Å². The van der Waals surface area contributed by atoms with Crippen molar-refractivity contribution in [2.24, 2.45) is 0 Å². The van der Waals surface area contributed by atoms with E-state index in [2.05, 4.69) is 35.6 Å². The first kappa shape index (κ1) is 21.1. The molecule has 3 aromatic heterocycles. The highest BCUT2D eigenvalue weighted by molar-refractivity contribution is 7.92. The van der Waals surface area contributed by atoms with Gasteiger partial charge in [-0.05, 0) is 47.4 Å². The van der Waals surface area contributed by atoms with Crippen molar-refractivity contribution < 1.29 is 13.5 Å². The van der Waals surface area contributed by atoms with Gasteiger partial charge in [0.1, 0.15) is 11.6 Å². The third-order valence-corrected chi connectivity index (χ3v) is 6.55. The fourth-order valence-corrected chi connectivity index (χ4v) is 4.40. The standard InChI is InChI=1S/C22H21ClN4O3S/c1-22(2,3)15-4-6-17(7-5-15)31(29,30)26-21-9-8-18(23)20-11-19(25-27(20)21)14-10-16(28)13-24-12-14/h4-13,26,28H,1-3H3. The number of benzene rings is 1. The van der Waals surface area contributed by atoms with Crippen LogP contribution in [0, 0.1) is 0 Å². The van der Waals surface area contributed by atoms with Gasteiger partial charge in [-0.3, -0.25) is 9.71 Å². The van der Waals surface area contributed by atoms with E-state index in [1.54, 1.807) is 36.5 Å². The van der Waals surface area contributed by atoms with Crippen molar-refractivity contribution >= 4 is 33.0 Å². The number of sulfonamides is 1. The van der Waals surface area contributed by atoms with E-state index in [-0.39, 0.29) is 21.9 Å². The predicted octanol–water partition coefficient (Wildman–Crippen LogP) is 4.85. The van der Waals surface area contributed by atoms with Crippen LogP contribution in [0.15, 0.2) is 65.8 Å². The molecule has 4 aromatic rings. The van der Waals surface area contributed by atoms with Gasteiger partial charge in [0, 0.05) is 11.8 Å². The molecule has 0 spiro atoms. The number of pyridine rings is 2. The monoisotopic (exact) mass is 456 g/mol. The molecule has 0 aliphatic rings. The average molecular weight is 457 g/mol. The van der Waals surface area contributed by atoms with Crippen molar-refractivity contribution in [3.63, 3.8) is 0 Å². The van der Waals surface area contributed by atoms with Crippen LogP contribution >= 0.6 is 11.6 Å². The molecular formula is C22H21ClN4O3S. The quantitative estimate of drug-likeness (QED) is 0.457. The zero-order chi connectivity index (χ0) is 22.4. The average Bonchev–Trinajstić information content (AvgIpc) is 3.16. The van der Waals surface area contributed by atoms with Crippen molar-refractivity contribution in [3.8, 4) is 17.0 Å². The zero-order valence-corrected chi connectivity index (χ0v) is 18.7. The Morgan fingerprint density at radius 3 is 2.39 bits per heavy atom. The molecule has 7 nitrogen and oxygen atoms in total. The van der Waals surface area contributed by atoms with E-state index >= 15 is 0 Å². The molecule has 160 valence electrons. The van der Waals surface area contributed by atoms with Crippen LogP contribution in [0.1, 0.15) is 26.3 Å². The highest BCUT2D eigenvalue weighted by Crippen LogP contribution is 2.29. The lowest BCUT2D eigenvalue weighted by molar-refractivity contribution is 0.473. The Labute approximate surface area is 185 Å². The lowest BCUT2D eigenvalue weighted by Gasteiger charge is -2.19. The number of halogens is 1. The van der Waals surface area contributed by atoms with Crippen LogP contribution in [0.4, 0.5) is 5.82 Å². The summed E-state index contributed by atoms with van der Waals surface area (Å²) in [6.45, 7) is 6.20. The maximum atomic E-state index is 13.0. The van der Waals surface area contributed by atoms with Gasteiger partial charge in [-0.25, -0.2) is 12.9 Å². The van der Waals surface area contributed by atoms with Gasteiger partial charge in [0.2, 0.25) is 0 Å². The molecule has 9 heteroatoms. The van der Waals surface area contributed by atoms with Gasteiger partial charge in [-0.2, -0.15) is 5.10 Å². The van der Waals surface area contributed by atoms with Crippen LogP contribution in [0.25, 0.3) is 16.8 Å². The summed E-state index contributed by atoms with van der Waals surface area (Å²) < 4.78 is 30.0. The number of nitrogens with zero attached hydrogens (tertiary/aromatic N) is 3. The lowest BCUT2D eigenvalue weighted by atomic mass is 9.87. The predicted molar refractivity (Wildman–Crippen MR) is 121 cm³/mol. The van der Waals surface area contributed by atoms with Crippen LogP contribution in [0.3, 0.4) is 0 Å². The Kier molecular flexibility index (Phi) is 5.15. The van der Waals surface area contributed by atoms with Crippen LogP contribution in [0.5, 0.6) is 5.75 Å². The van der Waals surface area contributed by atoms with Crippen molar-refractivity contribution in [3.05, 3.63) is 71.5 Å². The van der Waals surface area contributed by atoms with Gasteiger partial charge in [-0.1, -0.05) is 44.5 Å². The highest BCUT2D eigenvalue weighted by atomic mass is 35.5. The Bertz CT molecular complexity index is 1370. The van der Waals surface area contributed by atoms with Gasteiger partial charge in [-0.15, -0.1) is 0 Å². The number of anilines is 1. The summed E-state index contributed by atoms with van der Waals surface area (Å²) in [5.41, 5.74) is 2.54. The van der Waals surface area contributed by atoms with Crippen molar-refractivity contribution in [2.45, 2.75) is 31.1 Å². The second-order valence-corrected chi connectivity index (χ2v) is 10.3. The minimum atomic E-state index is -3.85. The molecule has 1 aromatic carbocycles. The molecule has 4 rings (SSSR count). The van der Waals surface area contributed by atoms with E-state index < -0.39 is 10.0 Å². The second kappa shape index (κ2) is 7.55. The first-order valence-corrected chi connectivity index (χ1v) is 11.4. The van der Waals surface area contributed by atoms with Gasteiger partial charge >= 0.3 is 0 Å². The number of fused-ring (bicyclic) bond motifs is 1. The first-order valence-electron chi connectivity index (χ1n) is 9.51. The third-order valence-electron chi connectivity index (χ3n) is 4.86. The molecule has 0 atom stereocenters. The second-order valence-electron chi connectivity index (χ2n) is 8.20. The Balaban J connectivity index is 1.73.